The van der Waals surface area contributed by atoms with Crippen LogP contribution in [-0.4, -0.2) is 39.0 Å². The van der Waals surface area contributed by atoms with E-state index in [-0.39, 0.29) is 12.5 Å². The summed E-state index contributed by atoms with van der Waals surface area (Å²) in [6.45, 7) is 4.29. The monoisotopic (exact) mass is 303 g/mol. The average molecular weight is 303 g/mol. The van der Waals surface area contributed by atoms with Crippen molar-refractivity contribution in [1.82, 2.24) is 20.0 Å². The quantitative estimate of drug-likeness (QED) is 0.867. The number of nitrogens with two attached hydrogens (primary N) is 1. The Morgan fingerprint density at radius 1 is 1.41 bits per heavy atom. The molecule has 2 rings (SSSR count). The summed E-state index contributed by atoms with van der Waals surface area (Å²) in [5.74, 6) is 0.994. The maximum absolute atomic E-state index is 12.2. The number of carbonyl (C=O) groups is 1. The molecule has 2 aromatic heterocycles. The van der Waals surface area contributed by atoms with Crippen LogP contribution in [0.15, 0.2) is 28.9 Å². The second-order valence-corrected chi connectivity index (χ2v) is 5.66. The number of aromatic nitrogens is 3. The van der Waals surface area contributed by atoms with Crippen molar-refractivity contribution in [3.8, 4) is 11.5 Å². The summed E-state index contributed by atoms with van der Waals surface area (Å²) in [5, 5.41) is 3.87. The SMILES string of the molecule is CC(C)C[C@@H](N)C(=O)N(C)Cc1nc(-c2ccccn2)no1. The Labute approximate surface area is 129 Å². The van der Waals surface area contributed by atoms with Crippen LogP contribution in [0.2, 0.25) is 0 Å². The van der Waals surface area contributed by atoms with Crippen LogP contribution in [0.1, 0.15) is 26.2 Å². The smallest absolute Gasteiger partial charge is 0.246 e. The molecule has 0 aliphatic carbocycles. The van der Waals surface area contributed by atoms with Gasteiger partial charge in [0.1, 0.15) is 5.69 Å². The number of carbonyl (C=O) groups excluding carboxylic acids is 1. The zero-order valence-electron chi connectivity index (χ0n) is 13.1. The van der Waals surface area contributed by atoms with Crippen LogP contribution >= 0.6 is 0 Å². The van der Waals surface area contributed by atoms with Gasteiger partial charge in [-0.3, -0.25) is 9.78 Å². The molecule has 0 spiro atoms. The molecule has 0 saturated carbocycles. The molecule has 2 heterocycles. The minimum Gasteiger partial charge on any atom is -0.337 e. The number of rotatable bonds is 6. The zero-order valence-corrected chi connectivity index (χ0v) is 13.1. The highest BCUT2D eigenvalue weighted by Crippen LogP contribution is 2.13. The molecule has 0 unspecified atom stereocenters. The number of hydrogen-bond acceptors (Lipinski definition) is 6. The van der Waals surface area contributed by atoms with Crippen LogP contribution in [0, 0.1) is 5.92 Å². The van der Waals surface area contributed by atoms with Crippen molar-refractivity contribution in [2.45, 2.75) is 32.9 Å². The highest BCUT2D eigenvalue weighted by molar-refractivity contribution is 5.81. The highest BCUT2D eigenvalue weighted by atomic mass is 16.5. The highest BCUT2D eigenvalue weighted by Gasteiger charge is 2.21. The van der Waals surface area contributed by atoms with Gasteiger partial charge in [0.2, 0.25) is 17.6 Å². The van der Waals surface area contributed by atoms with Gasteiger partial charge in [-0.25, -0.2) is 0 Å². The van der Waals surface area contributed by atoms with E-state index in [1.54, 1.807) is 19.3 Å². The number of hydrogen-bond donors (Lipinski definition) is 1. The van der Waals surface area contributed by atoms with E-state index in [1.165, 1.54) is 4.90 Å². The van der Waals surface area contributed by atoms with Crippen molar-refractivity contribution in [2.75, 3.05) is 7.05 Å². The Kier molecular flexibility index (Phi) is 5.21. The van der Waals surface area contributed by atoms with Crippen LogP contribution in [0.5, 0.6) is 0 Å². The van der Waals surface area contributed by atoms with E-state index in [4.69, 9.17) is 10.3 Å². The van der Waals surface area contributed by atoms with E-state index in [0.29, 0.717) is 29.7 Å². The van der Waals surface area contributed by atoms with E-state index in [0.717, 1.165) is 0 Å². The van der Waals surface area contributed by atoms with Gasteiger partial charge in [0.25, 0.3) is 0 Å². The number of amides is 1. The molecule has 0 aliphatic rings. The van der Waals surface area contributed by atoms with Crippen molar-refractivity contribution < 1.29 is 9.32 Å². The second-order valence-electron chi connectivity index (χ2n) is 5.66. The molecule has 0 radical (unpaired) electrons. The van der Waals surface area contributed by atoms with E-state index < -0.39 is 6.04 Å². The van der Waals surface area contributed by atoms with Crippen LogP contribution in [0.4, 0.5) is 0 Å². The number of likely N-dealkylation sites (N-methyl/N-ethyl adjacent to an activating group) is 1. The third kappa shape index (κ3) is 4.11. The summed E-state index contributed by atoms with van der Waals surface area (Å²) in [7, 11) is 1.67. The average Bonchev–Trinajstić information content (AvgIpc) is 2.95. The van der Waals surface area contributed by atoms with E-state index in [1.807, 2.05) is 26.0 Å². The number of pyridine rings is 1. The van der Waals surface area contributed by atoms with Crippen molar-refractivity contribution in [3.63, 3.8) is 0 Å². The third-order valence-electron chi connectivity index (χ3n) is 3.15. The van der Waals surface area contributed by atoms with Crippen LogP contribution in [-0.2, 0) is 11.3 Å². The fraction of sp³-hybridized carbons (Fsp3) is 0.467. The minimum atomic E-state index is -0.511. The standard InChI is InChI=1S/C15H21N5O2/c1-10(2)8-11(16)15(21)20(3)9-13-18-14(19-22-13)12-6-4-5-7-17-12/h4-7,10-11H,8-9,16H2,1-3H3/t11-/m1/s1. The largest absolute Gasteiger partial charge is 0.337 e. The molecule has 7 heteroatoms. The Hall–Kier alpha value is -2.28. The first-order chi connectivity index (χ1) is 10.5. The number of nitrogens with zero attached hydrogens (tertiary/aromatic N) is 4. The van der Waals surface area contributed by atoms with E-state index in [2.05, 4.69) is 15.1 Å². The van der Waals surface area contributed by atoms with Gasteiger partial charge < -0.3 is 15.2 Å². The van der Waals surface area contributed by atoms with Gasteiger partial charge in [0.05, 0.1) is 12.6 Å². The molecule has 1 atom stereocenters. The molecule has 2 N–H and O–H groups in total. The third-order valence-corrected chi connectivity index (χ3v) is 3.15. The summed E-state index contributed by atoms with van der Waals surface area (Å²) < 4.78 is 5.16. The molecule has 0 fully saturated rings. The van der Waals surface area contributed by atoms with Gasteiger partial charge in [0, 0.05) is 13.2 Å². The van der Waals surface area contributed by atoms with Gasteiger partial charge in [0.15, 0.2) is 0 Å². The van der Waals surface area contributed by atoms with Gasteiger partial charge in [-0.15, -0.1) is 0 Å². The van der Waals surface area contributed by atoms with E-state index in [9.17, 15) is 4.79 Å². The summed E-state index contributed by atoms with van der Waals surface area (Å²) in [6.07, 6.45) is 2.30. The van der Waals surface area contributed by atoms with Crippen molar-refractivity contribution >= 4 is 5.91 Å². The molecule has 1 amide bonds. The van der Waals surface area contributed by atoms with Crippen LogP contribution in [0.3, 0.4) is 0 Å². The van der Waals surface area contributed by atoms with Crippen molar-refractivity contribution in [3.05, 3.63) is 30.3 Å². The molecule has 7 nitrogen and oxygen atoms in total. The lowest BCUT2D eigenvalue weighted by molar-refractivity contribution is -0.132. The lowest BCUT2D eigenvalue weighted by atomic mass is 10.0. The molecule has 0 aromatic carbocycles. The summed E-state index contributed by atoms with van der Waals surface area (Å²) >= 11 is 0. The minimum absolute atomic E-state index is 0.133. The second kappa shape index (κ2) is 7.13. The van der Waals surface area contributed by atoms with Crippen LogP contribution in [0.25, 0.3) is 11.5 Å². The fourth-order valence-electron chi connectivity index (χ4n) is 2.09. The summed E-state index contributed by atoms with van der Waals surface area (Å²) in [6, 6.07) is 4.94. The fourth-order valence-corrected chi connectivity index (χ4v) is 2.09. The Bertz CT molecular complexity index is 611. The van der Waals surface area contributed by atoms with Crippen molar-refractivity contribution in [2.24, 2.45) is 11.7 Å². The van der Waals surface area contributed by atoms with Gasteiger partial charge >= 0.3 is 0 Å². The maximum atomic E-state index is 12.2. The Morgan fingerprint density at radius 2 is 2.18 bits per heavy atom. The molecule has 2 aromatic rings. The van der Waals surface area contributed by atoms with Gasteiger partial charge in [-0.1, -0.05) is 25.1 Å². The molecule has 0 aliphatic heterocycles. The topological polar surface area (TPSA) is 98.1 Å². The molecule has 22 heavy (non-hydrogen) atoms. The van der Waals surface area contributed by atoms with Crippen molar-refractivity contribution in [1.29, 1.82) is 0 Å². The van der Waals surface area contributed by atoms with Gasteiger partial charge in [-0.2, -0.15) is 4.98 Å². The van der Waals surface area contributed by atoms with E-state index >= 15 is 0 Å². The first kappa shape index (κ1) is 16.1. The summed E-state index contributed by atoms with van der Waals surface area (Å²) in [5.41, 5.74) is 6.53. The predicted octanol–water partition coefficient (Wildman–Crippen LogP) is 1.46. The molecular formula is C15H21N5O2. The Balaban J connectivity index is 1.99. The summed E-state index contributed by atoms with van der Waals surface area (Å²) in [4.78, 5) is 22.1. The first-order valence-electron chi connectivity index (χ1n) is 7.22. The lowest BCUT2D eigenvalue weighted by Crippen LogP contribution is -2.42. The van der Waals surface area contributed by atoms with Crippen LogP contribution < -0.4 is 5.73 Å². The molecule has 118 valence electrons. The molecular weight excluding hydrogens is 282 g/mol. The maximum Gasteiger partial charge on any atom is 0.246 e. The zero-order chi connectivity index (χ0) is 16.1. The first-order valence-corrected chi connectivity index (χ1v) is 7.22. The molecule has 0 saturated heterocycles. The van der Waals surface area contributed by atoms with Gasteiger partial charge in [-0.05, 0) is 24.5 Å². The molecule has 0 bridgehead atoms. The Morgan fingerprint density at radius 3 is 2.82 bits per heavy atom. The predicted molar refractivity (Wildman–Crippen MR) is 81.4 cm³/mol. The lowest BCUT2D eigenvalue weighted by Gasteiger charge is -2.20. The normalized spacial score (nSPS) is 12.4.